The molecule has 0 radical (unpaired) electrons. The second kappa shape index (κ2) is 11.4. The van der Waals surface area contributed by atoms with Gasteiger partial charge in [0.2, 0.25) is 5.95 Å². The average Bonchev–Trinajstić information content (AvgIpc) is 3.49. The van der Waals surface area contributed by atoms with Crippen LogP contribution in [0.3, 0.4) is 0 Å². The fourth-order valence-corrected chi connectivity index (χ4v) is 5.77. The molecule has 1 unspecified atom stereocenters. The van der Waals surface area contributed by atoms with Crippen molar-refractivity contribution >= 4 is 11.6 Å². The topological polar surface area (TPSA) is 53.1 Å². The largest absolute Gasteiger partial charge is 0.381 e. The van der Waals surface area contributed by atoms with E-state index in [2.05, 4.69) is 100 Å². The van der Waals surface area contributed by atoms with Crippen LogP contribution in [0.5, 0.6) is 0 Å². The monoisotopic (exact) mass is 503 g/mol. The number of nitrogens with zero attached hydrogens (tertiary/aromatic N) is 3. The molecular formula is C33H37N5. The van der Waals surface area contributed by atoms with Gasteiger partial charge in [0.05, 0.1) is 5.69 Å². The second-order valence-electron chi connectivity index (χ2n) is 10.7. The molecule has 0 amide bonds. The van der Waals surface area contributed by atoms with Crippen LogP contribution in [0.1, 0.15) is 53.0 Å². The predicted molar refractivity (Wildman–Crippen MR) is 157 cm³/mol. The van der Waals surface area contributed by atoms with Crippen molar-refractivity contribution in [2.45, 2.75) is 45.1 Å². The molecule has 3 aromatic carbocycles. The van der Waals surface area contributed by atoms with Gasteiger partial charge in [0.1, 0.15) is 0 Å². The molecule has 1 aromatic heterocycles. The third-order valence-electron chi connectivity index (χ3n) is 7.94. The highest BCUT2D eigenvalue weighted by atomic mass is 15.1. The van der Waals surface area contributed by atoms with Crippen molar-refractivity contribution in [2.75, 3.05) is 36.8 Å². The maximum Gasteiger partial charge on any atom is 0.223 e. The maximum absolute atomic E-state index is 4.98. The van der Waals surface area contributed by atoms with Gasteiger partial charge < -0.3 is 15.5 Å². The maximum atomic E-state index is 4.98. The Hall–Kier alpha value is -3.70. The molecule has 0 spiro atoms. The standard InChI is InChI=1S/C33H37N5/c1-24-9-11-25(12-10-24)22-35-28-15-13-26(14-16-28)31-21-27-23-36-33(34-17-6-20-38-18-4-5-19-38)37-32(27)30-8-3-2-7-29(30)31/h2-3,7-16,23,31,35H,4-6,17-22H2,1H3,(H,34,36,37). The first-order chi connectivity index (χ1) is 18.7. The van der Waals surface area contributed by atoms with Gasteiger partial charge in [-0.3, -0.25) is 0 Å². The van der Waals surface area contributed by atoms with Crippen molar-refractivity contribution < 1.29 is 0 Å². The molecule has 194 valence electrons. The number of aryl methyl sites for hydroxylation is 1. The Morgan fingerprint density at radius 3 is 2.50 bits per heavy atom. The number of benzene rings is 3. The summed E-state index contributed by atoms with van der Waals surface area (Å²) in [5.41, 5.74) is 9.91. The lowest BCUT2D eigenvalue weighted by atomic mass is 9.78. The number of anilines is 2. The van der Waals surface area contributed by atoms with Crippen molar-refractivity contribution in [1.82, 2.24) is 14.9 Å². The average molecular weight is 504 g/mol. The Labute approximate surface area is 226 Å². The molecule has 0 saturated carbocycles. The van der Waals surface area contributed by atoms with Gasteiger partial charge in [0.15, 0.2) is 0 Å². The van der Waals surface area contributed by atoms with E-state index in [0.717, 1.165) is 49.8 Å². The van der Waals surface area contributed by atoms with Gasteiger partial charge in [-0.15, -0.1) is 0 Å². The molecule has 1 atom stereocenters. The van der Waals surface area contributed by atoms with E-state index >= 15 is 0 Å². The van der Waals surface area contributed by atoms with E-state index in [1.165, 1.54) is 59.3 Å². The summed E-state index contributed by atoms with van der Waals surface area (Å²) >= 11 is 0. The summed E-state index contributed by atoms with van der Waals surface area (Å²) in [6.45, 7) is 7.51. The van der Waals surface area contributed by atoms with Crippen molar-refractivity contribution in [1.29, 1.82) is 0 Å². The zero-order chi connectivity index (χ0) is 25.7. The Kier molecular flexibility index (Phi) is 7.36. The zero-order valence-electron chi connectivity index (χ0n) is 22.3. The Balaban J connectivity index is 1.14. The number of hydrogen-bond donors (Lipinski definition) is 2. The summed E-state index contributed by atoms with van der Waals surface area (Å²) in [7, 11) is 0. The van der Waals surface area contributed by atoms with Gasteiger partial charge in [0.25, 0.3) is 0 Å². The van der Waals surface area contributed by atoms with E-state index in [1.54, 1.807) is 0 Å². The Bertz CT molecular complexity index is 1360. The SMILES string of the molecule is Cc1ccc(CNc2ccc(C3Cc4cnc(NCCCN5CCCC5)nc4-c4ccccc43)cc2)cc1. The molecule has 6 rings (SSSR count). The van der Waals surface area contributed by atoms with Gasteiger partial charge in [-0.25, -0.2) is 9.97 Å². The van der Waals surface area contributed by atoms with E-state index < -0.39 is 0 Å². The first-order valence-corrected chi connectivity index (χ1v) is 14.0. The fourth-order valence-electron chi connectivity index (χ4n) is 5.77. The second-order valence-corrected chi connectivity index (χ2v) is 10.7. The molecule has 5 heteroatoms. The minimum Gasteiger partial charge on any atom is -0.381 e. The van der Waals surface area contributed by atoms with E-state index in [9.17, 15) is 0 Å². The number of hydrogen-bond acceptors (Lipinski definition) is 5. The third kappa shape index (κ3) is 5.58. The molecule has 0 bridgehead atoms. The normalized spacial score (nSPS) is 16.6. The van der Waals surface area contributed by atoms with Crippen LogP contribution in [-0.2, 0) is 13.0 Å². The smallest absolute Gasteiger partial charge is 0.223 e. The molecule has 1 saturated heterocycles. The first-order valence-electron chi connectivity index (χ1n) is 14.0. The van der Waals surface area contributed by atoms with Crippen LogP contribution in [0.2, 0.25) is 0 Å². The fraction of sp³-hybridized carbons (Fsp3) is 0.333. The van der Waals surface area contributed by atoms with Crippen molar-refractivity contribution in [3.05, 3.63) is 107 Å². The van der Waals surface area contributed by atoms with E-state index in [-0.39, 0.29) is 0 Å². The lowest BCUT2D eigenvalue weighted by molar-refractivity contribution is 0.337. The van der Waals surface area contributed by atoms with Crippen LogP contribution < -0.4 is 10.6 Å². The summed E-state index contributed by atoms with van der Waals surface area (Å²) in [5, 5.41) is 7.03. The summed E-state index contributed by atoms with van der Waals surface area (Å²) in [6.07, 6.45) is 6.76. The van der Waals surface area contributed by atoms with Crippen LogP contribution in [0, 0.1) is 6.92 Å². The van der Waals surface area contributed by atoms with E-state index in [0.29, 0.717) is 5.92 Å². The molecule has 1 aliphatic carbocycles. The molecule has 5 nitrogen and oxygen atoms in total. The lowest BCUT2D eigenvalue weighted by Crippen LogP contribution is -2.22. The van der Waals surface area contributed by atoms with Crippen molar-refractivity contribution in [2.24, 2.45) is 0 Å². The molecule has 2 N–H and O–H groups in total. The molecule has 1 fully saturated rings. The first kappa shape index (κ1) is 24.6. The lowest BCUT2D eigenvalue weighted by Gasteiger charge is -2.27. The molecule has 1 aliphatic heterocycles. The number of aromatic nitrogens is 2. The van der Waals surface area contributed by atoms with E-state index in [1.807, 2.05) is 6.20 Å². The number of nitrogens with one attached hydrogen (secondary N) is 2. The third-order valence-corrected chi connectivity index (χ3v) is 7.94. The number of fused-ring (bicyclic) bond motifs is 3. The highest BCUT2D eigenvalue weighted by molar-refractivity contribution is 5.72. The van der Waals surface area contributed by atoms with E-state index in [4.69, 9.17) is 4.98 Å². The van der Waals surface area contributed by atoms with Gasteiger partial charge in [-0.2, -0.15) is 0 Å². The summed E-state index contributed by atoms with van der Waals surface area (Å²) in [4.78, 5) is 12.2. The number of likely N-dealkylation sites (tertiary alicyclic amines) is 1. The van der Waals surface area contributed by atoms with Gasteiger partial charge in [-0.05, 0) is 86.6 Å². The van der Waals surface area contributed by atoms with Crippen LogP contribution in [0.4, 0.5) is 11.6 Å². The molecular weight excluding hydrogens is 466 g/mol. The highest BCUT2D eigenvalue weighted by Crippen LogP contribution is 2.42. The quantitative estimate of drug-likeness (QED) is 0.251. The molecule has 2 aliphatic rings. The molecule has 38 heavy (non-hydrogen) atoms. The van der Waals surface area contributed by atoms with Crippen LogP contribution in [-0.4, -0.2) is 41.0 Å². The molecule has 4 aromatic rings. The van der Waals surface area contributed by atoms with Crippen LogP contribution >= 0.6 is 0 Å². The van der Waals surface area contributed by atoms with Crippen molar-refractivity contribution in [3.63, 3.8) is 0 Å². The Morgan fingerprint density at radius 2 is 1.68 bits per heavy atom. The Morgan fingerprint density at radius 1 is 0.895 bits per heavy atom. The zero-order valence-corrected chi connectivity index (χ0v) is 22.3. The number of rotatable bonds is 9. The van der Waals surface area contributed by atoms with Gasteiger partial charge in [-0.1, -0.05) is 66.2 Å². The summed E-state index contributed by atoms with van der Waals surface area (Å²) < 4.78 is 0. The minimum absolute atomic E-state index is 0.299. The van der Waals surface area contributed by atoms with Crippen molar-refractivity contribution in [3.8, 4) is 11.3 Å². The summed E-state index contributed by atoms with van der Waals surface area (Å²) in [6, 6.07) is 26.4. The van der Waals surface area contributed by atoms with Gasteiger partial charge >= 0.3 is 0 Å². The minimum atomic E-state index is 0.299. The highest BCUT2D eigenvalue weighted by Gasteiger charge is 2.27. The predicted octanol–water partition coefficient (Wildman–Crippen LogP) is 6.65. The van der Waals surface area contributed by atoms with Gasteiger partial charge in [0, 0.05) is 36.5 Å². The summed E-state index contributed by atoms with van der Waals surface area (Å²) in [5.74, 6) is 1.04. The van der Waals surface area contributed by atoms with Crippen LogP contribution in [0.15, 0.2) is 79.0 Å². The molecule has 2 heterocycles. The van der Waals surface area contributed by atoms with Crippen LogP contribution in [0.25, 0.3) is 11.3 Å².